The molecule has 0 saturated heterocycles. The summed E-state index contributed by atoms with van der Waals surface area (Å²) in [5.74, 6) is 0.454. The molecule has 0 aliphatic rings. The number of hydrogen-bond acceptors (Lipinski definition) is 5. The van der Waals surface area contributed by atoms with Crippen LogP contribution in [-0.2, 0) is 0 Å². The smallest absolute Gasteiger partial charge is 0.269 e. The van der Waals surface area contributed by atoms with Crippen LogP contribution < -0.4 is 20.1 Å². The highest BCUT2D eigenvalue weighted by Gasteiger charge is 2.13. The number of nitrogens with zero attached hydrogens (tertiary/aromatic N) is 1. The van der Waals surface area contributed by atoms with Gasteiger partial charge in [-0.3, -0.25) is 14.6 Å². The number of anilines is 1. The van der Waals surface area contributed by atoms with Gasteiger partial charge < -0.3 is 20.1 Å². The van der Waals surface area contributed by atoms with E-state index in [1.807, 2.05) is 0 Å². The predicted molar refractivity (Wildman–Crippen MR) is 104 cm³/mol. The first-order valence-corrected chi connectivity index (χ1v) is 8.86. The van der Waals surface area contributed by atoms with Gasteiger partial charge in [-0.1, -0.05) is 19.8 Å². The van der Waals surface area contributed by atoms with Gasteiger partial charge in [0.15, 0.2) is 11.5 Å². The van der Waals surface area contributed by atoms with Gasteiger partial charge in [0, 0.05) is 30.1 Å². The van der Waals surface area contributed by atoms with Crippen molar-refractivity contribution in [3.05, 3.63) is 47.8 Å². The summed E-state index contributed by atoms with van der Waals surface area (Å²) in [5, 5.41) is 5.59. The second-order valence-electron chi connectivity index (χ2n) is 5.92. The van der Waals surface area contributed by atoms with Crippen LogP contribution in [0, 0.1) is 0 Å². The van der Waals surface area contributed by atoms with Crippen LogP contribution in [0.2, 0.25) is 0 Å². The summed E-state index contributed by atoms with van der Waals surface area (Å²) in [5.41, 5.74) is 1.12. The number of aromatic nitrogens is 1. The van der Waals surface area contributed by atoms with E-state index >= 15 is 0 Å². The minimum atomic E-state index is -0.343. The number of methoxy groups -OCH3 is 2. The van der Waals surface area contributed by atoms with Gasteiger partial charge in [0.25, 0.3) is 11.8 Å². The third-order valence-electron chi connectivity index (χ3n) is 3.96. The molecule has 0 bridgehead atoms. The van der Waals surface area contributed by atoms with Crippen molar-refractivity contribution in [2.45, 2.75) is 26.2 Å². The molecule has 2 N–H and O–H groups in total. The van der Waals surface area contributed by atoms with E-state index < -0.39 is 0 Å². The van der Waals surface area contributed by atoms with Crippen LogP contribution in [-0.4, -0.2) is 37.6 Å². The van der Waals surface area contributed by atoms with Crippen LogP contribution in [0.1, 0.15) is 47.0 Å². The molecular formula is C20H25N3O4. The first-order valence-electron chi connectivity index (χ1n) is 8.86. The molecule has 1 heterocycles. The van der Waals surface area contributed by atoms with E-state index in [-0.39, 0.29) is 17.5 Å². The highest BCUT2D eigenvalue weighted by molar-refractivity contribution is 6.05. The van der Waals surface area contributed by atoms with Gasteiger partial charge in [-0.05, 0) is 30.7 Å². The van der Waals surface area contributed by atoms with E-state index in [0.717, 1.165) is 19.3 Å². The molecule has 0 aliphatic carbocycles. The molecule has 0 spiro atoms. The lowest BCUT2D eigenvalue weighted by atomic mass is 10.2. The fourth-order valence-corrected chi connectivity index (χ4v) is 2.48. The average Bonchev–Trinajstić information content (AvgIpc) is 2.71. The Bertz CT molecular complexity index is 793. The van der Waals surface area contributed by atoms with Crippen LogP contribution in [0.25, 0.3) is 0 Å². The zero-order valence-electron chi connectivity index (χ0n) is 15.9. The number of nitrogens with one attached hydrogen (secondary N) is 2. The number of carbonyl (C=O) groups excluding carboxylic acids is 2. The number of ether oxygens (including phenoxy) is 2. The summed E-state index contributed by atoms with van der Waals surface area (Å²) in [7, 11) is 3.07. The molecule has 1 aromatic heterocycles. The normalized spacial score (nSPS) is 10.2. The van der Waals surface area contributed by atoms with Crippen molar-refractivity contribution in [3.63, 3.8) is 0 Å². The van der Waals surface area contributed by atoms with Crippen molar-refractivity contribution in [2.75, 3.05) is 26.1 Å². The Morgan fingerprint density at radius 3 is 2.48 bits per heavy atom. The summed E-state index contributed by atoms with van der Waals surface area (Å²) < 4.78 is 10.4. The monoisotopic (exact) mass is 371 g/mol. The Labute approximate surface area is 159 Å². The molecule has 0 radical (unpaired) electrons. The van der Waals surface area contributed by atoms with Gasteiger partial charge in [0.05, 0.1) is 14.2 Å². The number of unbranched alkanes of at least 4 members (excludes halogenated alkanes) is 2. The van der Waals surface area contributed by atoms with E-state index in [1.54, 1.807) is 31.4 Å². The molecule has 7 heteroatoms. The molecule has 27 heavy (non-hydrogen) atoms. The summed E-state index contributed by atoms with van der Waals surface area (Å²) in [6.07, 6.45) is 4.51. The van der Waals surface area contributed by atoms with Crippen LogP contribution in [0.15, 0.2) is 36.5 Å². The number of hydrogen-bond donors (Lipinski definition) is 2. The van der Waals surface area contributed by atoms with E-state index in [4.69, 9.17) is 9.47 Å². The van der Waals surface area contributed by atoms with Gasteiger partial charge in [-0.25, -0.2) is 0 Å². The predicted octanol–water partition coefficient (Wildman–Crippen LogP) is 3.27. The zero-order valence-corrected chi connectivity index (χ0v) is 15.9. The van der Waals surface area contributed by atoms with Crippen LogP contribution >= 0.6 is 0 Å². The lowest BCUT2D eigenvalue weighted by molar-refractivity contribution is 0.0948. The number of rotatable bonds is 9. The SMILES string of the molecule is CCCCCNC(=O)c1cc(C(=O)Nc2ccc(OC)c(OC)c2)ccn1. The Hall–Kier alpha value is -3.09. The summed E-state index contributed by atoms with van der Waals surface area (Å²) in [6.45, 7) is 2.69. The van der Waals surface area contributed by atoms with Crippen LogP contribution in [0.3, 0.4) is 0 Å². The van der Waals surface area contributed by atoms with Crippen molar-refractivity contribution in [2.24, 2.45) is 0 Å². The molecule has 2 amide bonds. The molecule has 7 nitrogen and oxygen atoms in total. The zero-order chi connectivity index (χ0) is 19.6. The molecule has 0 atom stereocenters. The number of amides is 2. The lowest BCUT2D eigenvalue weighted by Crippen LogP contribution is -2.25. The first kappa shape index (κ1) is 20.2. The maximum absolute atomic E-state index is 12.5. The molecular weight excluding hydrogens is 346 g/mol. The van der Waals surface area contributed by atoms with E-state index in [2.05, 4.69) is 22.5 Å². The standard InChI is InChI=1S/C20H25N3O4/c1-4-5-6-10-22-20(25)16-12-14(9-11-21-16)19(24)23-15-7-8-17(26-2)18(13-15)27-3/h7-9,11-13H,4-6,10H2,1-3H3,(H,22,25)(H,23,24). The summed E-state index contributed by atoms with van der Waals surface area (Å²) >= 11 is 0. The van der Waals surface area contributed by atoms with E-state index in [1.165, 1.54) is 19.4 Å². The maximum atomic E-state index is 12.5. The molecule has 2 rings (SSSR count). The van der Waals surface area contributed by atoms with Gasteiger partial charge in [-0.15, -0.1) is 0 Å². The highest BCUT2D eigenvalue weighted by atomic mass is 16.5. The minimum absolute atomic E-state index is 0.214. The third-order valence-corrected chi connectivity index (χ3v) is 3.96. The van der Waals surface area contributed by atoms with Crippen LogP contribution in [0.5, 0.6) is 11.5 Å². The molecule has 0 aliphatic heterocycles. The largest absolute Gasteiger partial charge is 0.493 e. The number of pyridine rings is 1. The Balaban J connectivity index is 2.05. The Morgan fingerprint density at radius 2 is 1.78 bits per heavy atom. The molecule has 0 fully saturated rings. The lowest BCUT2D eigenvalue weighted by Gasteiger charge is -2.11. The fraction of sp³-hybridized carbons (Fsp3) is 0.350. The first-order chi connectivity index (χ1) is 13.1. The Morgan fingerprint density at radius 1 is 1.00 bits per heavy atom. The molecule has 0 saturated carbocycles. The maximum Gasteiger partial charge on any atom is 0.269 e. The molecule has 0 unspecified atom stereocenters. The summed E-state index contributed by atoms with van der Waals surface area (Å²) in [4.78, 5) is 28.7. The Kier molecular flexibility index (Phi) is 7.61. The quantitative estimate of drug-likeness (QED) is 0.660. The second-order valence-corrected chi connectivity index (χ2v) is 5.92. The molecule has 2 aromatic rings. The highest BCUT2D eigenvalue weighted by Crippen LogP contribution is 2.29. The topological polar surface area (TPSA) is 89.6 Å². The second kappa shape index (κ2) is 10.2. The fourth-order valence-electron chi connectivity index (χ4n) is 2.48. The van der Waals surface area contributed by atoms with Crippen molar-refractivity contribution >= 4 is 17.5 Å². The van der Waals surface area contributed by atoms with Crippen molar-refractivity contribution < 1.29 is 19.1 Å². The van der Waals surface area contributed by atoms with Crippen molar-refractivity contribution in [1.29, 1.82) is 0 Å². The average molecular weight is 371 g/mol. The third kappa shape index (κ3) is 5.70. The summed E-state index contributed by atoms with van der Waals surface area (Å²) in [6, 6.07) is 8.12. The van der Waals surface area contributed by atoms with Gasteiger partial charge in [-0.2, -0.15) is 0 Å². The van der Waals surface area contributed by atoms with Crippen LogP contribution in [0.4, 0.5) is 5.69 Å². The van der Waals surface area contributed by atoms with E-state index in [0.29, 0.717) is 29.3 Å². The van der Waals surface area contributed by atoms with E-state index in [9.17, 15) is 9.59 Å². The van der Waals surface area contributed by atoms with Gasteiger partial charge >= 0.3 is 0 Å². The number of carbonyl (C=O) groups is 2. The molecule has 144 valence electrons. The minimum Gasteiger partial charge on any atom is -0.493 e. The van der Waals surface area contributed by atoms with Crippen molar-refractivity contribution in [1.82, 2.24) is 10.3 Å². The van der Waals surface area contributed by atoms with Gasteiger partial charge in [0.1, 0.15) is 5.69 Å². The molecule has 1 aromatic carbocycles. The van der Waals surface area contributed by atoms with Crippen molar-refractivity contribution in [3.8, 4) is 11.5 Å². The number of benzene rings is 1. The van der Waals surface area contributed by atoms with Gasteiger partial charge in [0.2, 0.25) is 0 Å².